The van der Waals surface area contributed by atoms with Crippen molar-refractivity contribution in [3.63, 3.8) is 0 Å². The van der Waals surface area contributed by atoms with E-state index >= 15 is 4.39 Å². The largest absolute Gasteiger partial charge is 0.416 e. The first kappa shape index (κ1) is 25.9. The van der Waals surface area contributed by atoms with E-state index in [1.54, 1.807) is 6.07 Å². The number of fused-ring (bicyclic) bond motifs is 1. The molecule has 0 atom stereocenters. The highest BCUT2D eigenvalue weighted by Gasteiger charge is 2.29. The van der Waals surface area contributed by atoms with E-state index in [0.29, 0.717) is 23.8 Å². The Morgan fingerprint density at radius 2 is 1.14 bits per heavy atom. The summed E-state index contributed by atoms with van der Waals surface area (Å²) in [7, 11) is 0. The summed E-state index contributed by atoms with van der Waals surface area (Å²) in [6.45, 7) is 2.22. The Labute approximate surface area is 211 Å². The molecule has 0 nitrogen and oxygen atoms in total. The molecule has 188 valence electrons. The van der Waals surface area contributed by atoms with Gasteiger partial charge in [-0.25, -0.2) is 4.39 Å². The van der Waals surface area contributed by atoms with E-state index in [0.717, 1.165) is 42.3 Å². The van der Waals surface area contributed by atoms with Gasteiger partial charge in [0.25, 0.3) is 0 Å². The van der Waals surface area contributed by atoms with Crippen LogP contribution in [0.4, 0.5) is 17.6 Å². The third-order valence-electron chi connectivity index (χ3n) is 6.86. The van der Waals surface area contributed by atoms with Gasteiger partial charge in [0.15, 0.2) is 0 Å². The molecule has 4 heteroatoms. The Morgan fingerprint density at radius 1 is 0.583 bits per heavy atom. The van der Waals surface area contributed by atoms with Gasteiger partial charge < -0.3 is 0 Å². The molecule has 0 aliphatic carbocycles. The lowest BCUT2D eigenvalue weighted by Gasteiger charge is -2.10. The van der Waals surface area contributed by atoms with Crippen molar-refractivity contribution >= 4 is 10.8 Å². The second kappa shape index (κ2) is 11.7. The van der Waals surface area contributed by atoms with Crippen LogP contribution in [0.3, 0.4) is 0 Å². The number of rotatable bonds is 10. The van der Waals surface area contributed by atoms with E-state index in [1.807, 2.05) is 18.2 Å². The fourth-order valence-corrected chi connectivity index (χ4v) is 4.61. The van der Waals surface area contributed by atoms with E-state index in [4.69, 9.17) is 0 Å². The number of unbranched alkanes of at least 4 members (excludes halogenated alkanes) is 2. The Morgan fingerprint density at radius 3 is 1.78 bits per heavy atom. The predicted octanol–water partition coefficient (Wildman–Crippen LogP) is 9.30. The minimum atomic E-state index is -4.35. The zero-order valence-corrected chi connectivity index (χ0v) is 20.7. The summed E-state index contributed by atoms with van der Waals surface area (Å²) in [5, 5.41) is 1.45. The Bertz CT molecular complexity index is 1270. The van der Waals surface area contributed by atoms with Crippen LogP contribution in [0.2, 0.25) is 0 Å². The maximum Gasteiger partial charge on any atom is 0.416 e. The van der Waals surface area contributed by atoms with Crippen LogP contribution in [-0.4, -0.2) is 0 Å². The van der Waals surface area contributed by atoms with Gasteiger partial charge in [-0.2, -0.15) is 13.2 Å². The maximum atomic E-state index is 15.2. The van der Waals surface area contributed by atoms with Crippen molar-refractivity contribution in [3.8, 4) is 0 Å². The summed E-state index contributed by atoms with van der Waals surface area (Å²) in [5.74, 6) is -0.246. The Balaban J connectivity index is 1.36. The third kappa shape index (κ3) is 6.75. The van der Waals surface area contributed by atoms with E-state index in [1.165, 1.54) is 48.1 Å². The molecule has 0 aromatic heterocycles. The fourth-order valence-electron chi connectivity index (χ4n) is 4.61. The molecule has 0 unspecified atom stereocenters. The number of hydrogen-bond acceptors (Lipinski definition) is 0. The highest BCUT2D eigenvalue weighted by atomic mass is 19.4. The quantitative estimate of drug-likeness (QED) is 0.153. The molecule has 4 aromatic carbocycles. The normalized spacial score (nSPS) is 11.8. The van der Waals surface area contributed by atoms with Gasteiger partial charge in [-0.1, -0.05) is 86.5 Å². The monoisotopic (exact) mass is 492 g/mol. The topological polar surface area (TPSA) is 0 Å². The minimum absolute atomic E-state index is 0.246. The zero-order valence-electron chi connectivity index (χ0n) is 20.7. The minimum Gasteiger partial charge on any atom is -0.206 e. The SMILES string of the molecule is CCCCCc1ccc(CCc2ccc3c(F)c(CCc4ccc(C(F)(F)F)cc4)ccc3c2)cc1. The lowest BCUT2D eigenvalue weighted by Crippen LogP contribution is -2.04. The molecule has 0 N–H and O–H groups in total. The average Bonchev–Trinajstić information content (AvgIpc) is 2.88. The van der Waals surface area contributed by atoms with Gasteiger partial charge in [0, 0.05) is 5.39 Å². The van der Waals surface area contributed by atoms with E-state index in [2.05, 4.69) is 37.3 Å². The van der Waals surface area contributed by atoms with Crippen molar-refractivity contribution in [1.82, 2.24) is 0 Å². The average molecular weight is 493 g/mol. The standard InChI is InChI=1S/C32H32F4/c1-2-3-4-5-23-6-8-24(9-7-23)10-11-26-15-21-30-28(22-26)18-17-27(31(30)33)16-12-25-13-19-29(20-14-25)32(34,35)36/h6-9,13-15,17-22H,2-5,10-12,16H2,1H3. The van der Waals surface area contributed by atoms with Crippen molar-refractivity contribution in [3.05, 3.63) is 118 Å². The molecule has 4 rings (SSSR count). The lowest BCUT2D eigenvalue weighted by molar-refractivity contribution is -0.137. The number of alkyl halides is 3. The van der Waals surface area contributed by atoms with Crippen molar-refractivity contribution in [1.29, 1.82) is 0 Å². The van der Waals surface area contributed by atoms with Gasteiger partial charge in [0.1, 0.15) is 5.82 Å². The second-order valence-electron chi connectivity index (χ2n) is 9.56. The van der Waals surface area contributed by atoms with Gasteiger partial charge in [-0.3, -0.25) is 0 Å². The molecular formula is C32H32F4. The number of aryl methyl sites for hydroxylation is 5. The zero-order chi connectivity index (χ0) is 25.5. The lowest BCUT2D eigenvalue weighted by atomic mass is 9.97. The van der Waals surface area contributed by atoms with Crippen LogP contribution in [0.1, 0.15) is 59.6 Å². The van der Waals surface area contributed by atoms with E-state index in [9.17, 15) is 13.2 Å². The van der Waals surface area contributed by atoms with Crippen molar-refractivity contribution in [2.24, 2.45) is 0 Å². The molecule has 4 aromatic rings. The summed E-state index contributed by atoms with van der Waals surface area (Å²) < 4.78 is 53.4. The molecule has 0 amide bonds. The summed E-state index contributed by atoms with van der Waals surface area (Å²) in [6.07, 6.45) is 3.27. The molecule has 0 saturated carbocycles. The van der Waals surface area contributed by atoms with E-state index in [-0.39, 0.29) is 5.82 Å². The number of halogens is 4. The first-order valence-corrected chi connectivity index (χ1v) is 12.8. The molecular weight excluding hydrogens is 460 g/mol. The molecule has 0 radical (unpaired) electrons. The van der Waals surface area contributed by atoms with Crippen LogP contribution in [0, 0.1) is 5.82 Å². The first-order valence-electron chi connectivity index (χ1n) is 12.8. The molecule has 0 saturated heterocycles. The van der Waals surface area contributed by atoms with Crippen LogP contribution in [0.15, 0.2) is 78.9 Å². The van der Waals surface area contributed by atoms with Crippen LogP contribution >= 0.6 is 0 Å². The Kier molecular flexibility index (Phi) is 8.45. The van der Waals surface area contributed by atoms with Gasteiger partial charge >= 0.3 is 6.18 Å². The van der Waals surface area contributed by atoms with E-state index < -0.39 is 11.7 Å². The first-order chi connectivity index (χ1) is 17.3. The molecule has 0 spiro atoms. The molecule has 0 aliphatic rings. The van der Waals surface area contributed by atoms with Crippen molar-refractivity contribution < 1.29 is 17.6 Å². The van der Waals surface area contributed by atoms with Crippen LogP contribution < -0.4 is 0 Å². The van der Waals surface area contributed by atoms with Crippen LogP contribution in [-0.2, 0) is 38.3 Å². The molecule has 36 heavy (non-hydrogen) atoms. The van der Waals surface area contributed by atoms with Crippen molar-refractivity contribution in [2.45, 2.75) is 64.5 Å². The van der Waals surface area contributed by atoms with Gasteiger partial charge in [-0.05, 0) is 83.9 Å². The highest BCUT2D eigenvalue weighted by molar-refractivity contribution is 5.84. The van der Waals surface area contributed by atoms with Gasteiger partial charge in [0.05, 0.1) is 5.56 Å². The fraction of sp³-hybridized carbons (Fsp3) is 0.312. The summed E-state index contributed by atoms with van der Waals surface area (Å²) in [6, 6.07) is 23.6. The van der Waals surface area contributed by atoms with Crippen LogP contribution in [0.5, 0.6) is 0 Å². The number of hydrogen-bond donors (Lipinski definition) is 0. The second-order valence-corrected chi connectivity index (χ2v) is 9.56. The molecule has 0 bridgehead atoms. The molecule has 0 heterocycles. The third-order valence-corrected chi connectivity index (χ3v) is 6.86. The van der Waals surface area contributed by atoms with Crippen LogP contribution in [0.25, 0.3) is 10.8 Å². The summed E-state index contributed by atoms with van der Waals surface area (Å²) in [5.41, 5.74) is 4.53. The molecule has 0 fully saturated rings. The van der Waals surface area contributed by atoms with Crippen molar-refractivity contribution in [2.75, 3.05) is 0 Å². The smallest absolute Gasteiger partial charge is 0.206 e. The Hall–Kier alpha value is -3.14. The molecule has 0 aliphatic heterocycles. The predicted molar refractivity (Wildman–Crippen MR) is 140 cm³/mol. The van der Waals surface area contributed by atoms with Gasteiger partial charge in [0.2, 0.25) is 0 Å². The number of benzene rings is 4. The summed E-state index contributed by atoms with van der Waals surface area (Å²) >= 11 is 0. The summed E-state index contributed by atoms with van der Waals surface area (Å²) in [4.78, 5) is 0. The van der Waals surface area contributed by atoms with Gasteiger partial charge in [-0.15, -0.1) is 0 Å². The maximum absolute atomic E-state index is 15.2. The highest BCUT2D eigenvalue weighted by Crippen LogP contribution is 2.29.